The Bertz CT molecular complexity index is 933. The van der Waals surface area contributed by atoms with Crippen molar-refractivity contribution in [1.82, 2.24) is 25.1 Å². The van der Waals surface area contributed by atoms with Crippen LogP contribution in [0.4, 0.5) is 8.78 Å². The van der Waals surface area contributed by atoms with Crippen molar-refractivity contribution < 1.29 is 18.4 Å². The molecule has 0 atom stereocenters. The standard InChI is InChI=1S/C22H31F2N5O2/c1-22(2,13-28(3)4)12-25-20(30)14-7-9-29(10-8-14)21(31)15-5-6-16-17(11-15)27-19(26-16)18(23)24/h5-6,11,14,18H,7-10,12-13H2,1-4H3,(H,25,30)(H,26,27). The van der Waals surface area contributed by atoms with E-state index in [0.29, 0.717) is 49.1 Å². The zero-order chi connectivity index (χ0) is 22.8. The summed E-state index contributed by atoms with van der Waals surface area (Å²) in [5.41, 5.74) is 1.21. The van der Waals surface area contributed by atoms with E-state index in [1.807, 2.05) is 14.1 Å². The van der Waals surface area contributed by atoms with Crippen molar-refractivity contribution in [2.45, 2.75) is 33.1 Å². The van der Waals surface area contributed by atoms with E-state index in [1.165, 1.54) is 0 Å². The zero-order valence-electron chi connectivity index (χ0n) is 18.5. The van der Waals surface area contributed by atoms with Crippen LogP contribution in [0.25, 0.3) is 11.0 Å². The Labute approximate surface area is 181 Å². The molecule has 2 aromatic rings. The molecule has 1 fully saturated rings. The van der Waals surface area contributed by atoms with Gasteiger partial charge in [0, 0.05) is 37.7 Å². The number of amides is 2. The van der Waals surface area contributed by atoms with Crippen molar-refractivity contribution >= 4 is 22.8 Å². The van der Waals surface area contributed by atoms with E-state index in [4.69, 9.17) is 0 Å². The van der Waals surface area contributed by atoms with Gasteiger partial charge in [0.15, 0.2) is 5.82 Å². The highest BCUT2D eigenvalue weighted by molar-refractivity contribution is 5.97. The maximum Gasteiger partial charge on any atom is 0.295 e. The number of nitrogens with zero attached hydrogens (tertiary/aromatic N) is 3. The van der Waals surface area contributed by atoms with Gasteiger partial charge in [-0.2, -0.15) is 0 Å². The van der Waals surface area contributed by atoms with E-state index >= 15 is 0 Å². The molecule has 1 aliphatic heterocycles. The van der Waals surface area contributed by atoms with Gasteiger partial charge in [0.1, 0.15) is 0 Å². The fourth-order valence-corrected chi connectivity index (χ4v) is 4.18. The summed E-state index contributed by atoms with van der Waals surface area (Å²) in [4.78, 5) is 35.6. The van der Waals surface area contributed by atoms with Crippen LogP contribution < -0.4 is 5.32 Å². The summed E-state index contributed by atoms with van der Waals surface area (Å²) in [6.45, 7) is 6.70. The molecule has 0 unspecified atom stereocenters. The second-order valence-corrected chi connectivity index (χ2v) is 9.34. The van der Waals surface area contributed by atoms with E-state index in [-0.39, 0.29) is 23.1 Å². The van der Waals surface area contributed by atoms with E-state index in [0.717, 1.165) is 6.54 Å². The normalized spacial score (nSPS) is 15.8. The average molecular weight is 436 g/mol. The number of benzene rings is 1. The van der Waals surface area contributed by atoms with Crippen molar-refractivity contribution in [3.05, 3.63) is 29.6 Å². The van der Waals surface area contributed by atoms with Gasteiger partial charge in [-0.1, -0.05) is 13.8 Å². The maximum atomic E-state index is 12.9. The predicted octanol–water partition coefficient (Wildman–Crippen LogP) is 3.06. The number of aromatic amines is 1. The van der Waals surface area contributed by atoms with Crippen LogP contribution in [0.2, 0.25) is 0 Å². The molecule has 0 radical (unpaired) electrons. The molecule has 9 heteroatoms. The van der Waals surface area contributed by atoms with Crippen LogP contribution in [0.5, 0.6) is 0 Å². The number of nitrogens with one attached hydrogen (secondary N) is 2. The lowest BCUT2D eigenvalue weighted by molar-refractivity contribution is -0.126. The monoisotopic (exact) mass is 435 g/mol. The summed E-state index contributed by atoms with van der Waals surface area (Å²) >= 11 is 0. The predicted molar refractivity (Wildman–Crippen MR) is 115 cm³/mol. The summed E-state index contributed by atoms with van der Waals surface area (Å²) < 4.78 is 25.7. The fraction of sp³-hybridized carbons (Fsp3) is 0.591. The average Bonchev–Trinajstić information content (AvgIpc) is 3.14. The number of carbonyl (C=O) groups is 2. The molecular weight excluding hydrogens is 404 g/mol. The highest BCUT2D eigenvalue weighted by Gasteiger charge is 2.29. The van der Waals surface area contributed by atoms with Crippen molar-refractivity contribution in [2.24, 2.45) is 11.3 Å². The number of rotatable bonds is 7. The molecule has 1 aromatic carbocycles. The Hall–Kier alpha value is -2.55. The summed E-state index contributed by atoms with van der Waals surface area (Å²) in [5, 5.41) is 3.06. The number of aromatic nitrogens is 2. The number of carbonyl (C=O) groups excluding carboxylic acids is 2. The number of halogens is 2. The van der Waals surface area contributed by atoms with Gasteiger partial charge in [-0.05, 0) is 50.6 Å². The molecule has 2 amide bonds. The molecule has 31 heavy (non-hydrogen) atoms. The van der Waals surface area contributed by atoms with E-state index < -0.39 is 12.2 Å². The number of imidazole rings is 1. The topological polar surface area (TPSA) is 81.3 Å². The Balaban J connectivity index is 1.55. The van der Waals surface area contributed by atoms with Gasteiger partial charge in [-0.15, -0.1) is 0 Å². The third-order valence-electron chi connectivity index (χ3n) is 5.59. The summed E-state index contributed by atoms with van der Waals surface area (Å²) in [5.74, 6) is -0.638. The van der Waals surface area contributed by atoms with Gasteiger partial charge in [-0.25, -0.2) is 13.8 Å². The SMILES string of the molecule is CN(C)CC(C)(C)CNC(=O)C1CCN(C(=O)c2ccc3nc(C(F)F)[nH]c3c2)CC1. The number of H-pyrrole nitrogens is 1. The summed E-state index contributed by atoms with van der Waals surface area (Å²) in [6.07, 6.45) is -1.48. The summed E-state index contributed by atoms with van der Waals surface area (Å²) in [6, 6.07) is 4.73. The Morgan fingerprint density at radius 1 is 1.29 bits per heavy atom. The fourth-order valence-electron chi connectivity index (χ4n) is 4.18. The lowest BCUT2D eigenvalue weighted by Crippen LogP contribution is -2.46. The van der Waals surface area contributed by atoms with Crippen LogP contribution in [0.3, 0.4) is 0 Å². The molecule has 1 aliphatic rings. The number of fused-ring (bicyclic) bond motifs is 1. The molecular formula is C22H31F2N5O2. The Kier molecular flexibility index (Phi) is 6.93. The number of piperidine rings is 1. The van der Waals surface area contributed by atoms with Gasteiger partial charge >= 0.3 is 0 Å². The third kappa shape index (κ3) is 5.78. The first-order valence-electron chi connectivity index (χ1n) is 10.6. The molecule has 1 saturated heterocycles. The van der Waals surface area contributed by atoms with Crippen molar-refractivity contribution in [1.29, 1.82) is 0 Å². The molecule has 1 aromatic heterocycles. The maximum absolute atomic E-state index is 12.9. The van der Waals surface area contributed by atoms with E-state index in [1.54, 1.807) is 23.1 Å². The number of hydrogen-bond acceptors (Lipinski definition) is 4. The second kappa shape index (κ2) is 9.30. The Morgan fingerprint density at radius 2 is 1.97 bits per heavy atom. The summed E-state index contributed by atoms with van der Waals surface area (Å²) in [7, 11) is 4.02. The first-order valence-corrected chi connectivity index (χ1v) is 10.6. The van der Waals surface area contributed by atoms with E-state index in [2.05, 4.69) is 34.0 Å². The van der Waals surface area contributed by atoms with Gasteiger partial charge in [0.2, 0.25) is 5.91 Å². The molecule has 0 saturated carbocycles. The largest absolute Gasteiger partial charge is 0.355 e. The lowest BCUT2D eigenvalue weighted by Gasteiger charge is -2.33. The highest BCUT2D eigenvalue weighted by atomic mass is 19.3. The number of hydrogen-bond donors (Lipinski definition) is 2. The minimum atomic E-state index is -2.69. The van der Waals surface area contributed by atoms with Gasteiger partial charge < -0.3 is 20.1 Å². The van der Waals surface area contributed by atoms with Crippen LogP contribution in [0.15, 0.2) is 18.2 Å². The zero-order valence-corrected chi connectivity index (χ0v) is 18.5. The van der Waals surface area contributed by atoms with Gasteiger partial charge in [0.25, 0.3) is 12.3 Å². The molecule has 2 heterocycles. The molecule has 3 rings (SSSR count). The van der Waals surface area contributed by atoms with Crippen LogP contribution >= 0.6 is 0 Å². The molecule has 7 nitrogen and oxygen atoms in total. The van der Waals surface area contributed by atoms with Crippen LogP contribution in [0, 0.1) is 11.3 Å². The first kappa shape index (κ1) is 23.1. The van der Waals surface area contributed by atoms with Crippen molar-refractivity contribution in [3.8, 4) is 0 Å². The Morgan fingerprint density at radius 3 is 2.58 bits per heavy atom. The third-order valence-corrected chi connectivity index (χ3v) is 5.59. The minimum absolute atomic E-state index is 0.0225. The smallest absolute Gasteiger partial charge is 0.295 e. The minimum Gasteiger partial charge on any atom is -0.355 e. The van der Waals surface area contributed by atoms with Crippen LogP contribution in [-0.2, 0) is 4.79 Å². The van der Waals surface area contributed by atoms with Crippen LogP contribution in [0.1, 0.15) is 49.3 Å². The second-order valence-electron chi connectivity index (χ2n) is 9.34. The molecule has 0 spiro atoms. The quantitative estimate of drug-likeness (QED) is 0.701. The molecule has 2 N–H and O–H groups in total. The van der Waals surface area contributed by atoms with Gasteiger partial charge in [-0.3, -0.25) is 9.59 Å². The van der Waals surface area contributed by atoms with E-state index in [9.17, 15) is 18.4 Å². The molecule has 170 valence electrons. The molecule has 0 bridgehead atoms. The highest BCUT2D eigenvalue weighted by Crippen LogP contribution is 2.23. The van der Waals surface area contributed by atoms with Crippen molar-refractivity contribution in [2.75, 3.05) is 40.3 Å². The van der Waals surface area contributed by atoms with Crippen molar-refractivity contribution in [3.63, 3.8) is 0 Å². The lowest BCUT2D eigenvalue weighted by atomic mass is 9.91. The van der Waals surface area contributed by atoms with Crippen LogP contribution in [-0.4, -0.2) is 71.9 Å². The first-order chi connectivity index (χ1) is 14.6. The number of alkyl halides is 2. The number of likely N-dealkylation sites (tertiary alicyclic amines) is 1. The molecule has 0 aliphatic carbocycles. The van der Waals surface area contributed by atoms with Gasteiger partial charge in [0.05, 0.1) is 11.0 Å².